The minimum Gasteiger partial charge on any atom is -0.353 e. The molecule has 3 nitrogen and oxygen atoms in total. The average Bonchev–Trinajstić information content (AvgIpc) is 2.48. The summed E-state index contributed by atoms with van der Waals surface area (Å²) >= 11 is 0. The van der Waals surface area contributed by atoms with Gasteiger partial charge in [0.15, 0.2) is 0 Å². The number of nitrogens with zero attached hydrogens (tertiary/aromatic N) is 3. The van der Waals surface area contributed by atoms with Gasteiger partial charge in [0.25, 0.3) is 0 Å². The van der Waals surface area contributed by atoms with Gasteiger partial charge in [0.1, 0.15) is 11.9 Å². The Morgan fingerprint density at radius 1 is 1.25 bits per heavy atom. The van der Waals surface area contributed by atoms with Crippen molar-refractivity contribution in [3.8, 4) is 6.07 Å². The van der Waals surface area contributed by atoms with Gasteiger partial charge in [-0.05, 0) is 37.8 Å². The highest BCUT2D eigenvalue weighted by Gasteiger charge is 2.26. The van der Waals surface area contributed by atoms with E-state index in [2.05, 4.69) is 24.8 Å². The van der Waals surface area contributed by atoms with Gasteiger partial charge in [0, 0.05) is 18.0 Å². The van der Waals surface area contributed by atoms with Gasteiger partial charge in [0.2, 0.25) is 0 Å². The van der Waals surface area contributed by atoms with E-state index in [1.165, 1.54) is 12.8 Å². The molecule has 0 N–H and O–H groups in total. The highest BCUT2D eigenvalue weighted by molar-refractivity contribution is 5.83. The van der Waals surface area contributed by atoms with Crippen LogP contribution in [0.5, 0.6) is 0 Å². The number of piperidine rings is 1. The van der Waals surface area contributed by atoms with Gasteiger partial charge in [0.05, 0.1) is 11.1 Å². The Balaban J connectivity index is 2.12. The predicted molar refractivity (Wildman–Crippen MR) is 81.7 cm³/mol. The van der Waals surface area contributed by atoms with Gasteiger partial charge in [-0.1, -0.05) is 25.1 Å². The van der Waals surface area contributed by atoms with E-state index in [4.69, 9.17) is 4.98 Å². The summed E-state index contributed by atoms with van der Waals surface area (Å²) in [5.74, 6) is 1.51. The van der Waals surface area contributed by atoms with Gasteiger partial charge in [-0.3, -0.25) is 0 Å². The molecule has 0 bridgehead atoms. The van der Waals surface area contributed by atoms with Gasteiger partial charge in [-0.2, -0.15) is 5.26 Å². The third kappa shape index (κ3) is 2.22. The number of hydrogen-bond acceptors (Lipinski definition) is 3. The van der Waals surface area contributed by atoms with Gasteiger partial charge in [-0.15, -0.1) is 0 Å². The van der Waals surface area contributed by atoms with Gasteiger partial charge >= 0.3 is 0 Å². The van der Waals surface area contributed by atoms with Crippen molar-refractivity contribution < 1.29 is 0 Å². The number of para-hydroxylation sites is 1. The fraction of sp³-hybridized carbons (Fsp3) is 0.412. The molecule has 0 amide bonds. The fourth-order valence-electron chi connectivity index (χ4n) is 2.99. The molecule has 1 saturated heterocycles. The average molecular weight is 265 g/mol. The molecule has 3 heteroatoms. The van der Waals surface area contributed by atoms with Crippen LogP contribution >= 0.6 is 0 Å². The Bertz CT molecular complexity index is 671. The molecule has 1 aliphatic heterocycles. The summed E-state index contributed by atoms with van der Waals surface area (Å²) < 4.78 is 0. The maximum atomic E-state index is 9.44. The second kappa shape index (κ2) is 5.13. The highest BCUT2D eigenvalue weighted by Crippen LogP contribution is 2.30. The van der Waals surface area contributed by atoms with E-state index in [0.29, 0.717) is 17.5 Å². The lowest BCUT2D eigenvalue weighted by atomic mass is 9.94. The summed E-state index contributed by atoms with van der Waals surface area (Å²) in [4.78, 5) is 7.06. The van der Waals surface area contributed by atoms with E-state index in [1.807, 2.05) is 30.3 Å². The third-order valence-electron chi connectivity index (χ3n) is 4.21. The van der Waals surface area contributed by atoms with Crippen LogP contribution in [0.2, 0.25) is 0 Å². The molecule has 1 aromatic carbocycles. The first-order chi connectivity index (χ1) is 9.69. The summed E-state index contributed by atoms with van der Waals surface area (Å²) in [6, 6.07) is 12.7. The molecule has 0 spiro atoms. The summed E-state index contributed by atoms with van der Waals surface area (Å²) in [6.07, 6.45) is 2.42. The van der Waals surface area contributed by atoms with Crippen LogP contribution in [0.1, 0.15) is 32.3 Å². The van der Waals surface area contributed by atoms with Crippen LogP contribution in [0.3, 0.4) is 0 Å². The summed E-state index contributed by atoms with van der Waals surface area (Å²) in [5.41, 5.74) is 1.65. The van der Waals surface area contributed by atoms with E-state index >= 15 is 0 Å². The van der Waals surface area contributed by atoms with Crippen LogP contribution in [0.4, 0.5) is 5.82 Å². The van der Waals surface area contributed by atoms with Crippen molar-refractivity contribution in [3.63, 3.8) is 0 Å². The van der Waals surface area contributed by atoms with Crippen molar-refractivity contribution in [1.82, 2.24) is 4.98 Å². The van der Waals surface area contributed by atoms with E-state index in [9.17, 15) is 5.26 Å². The summed E-state index contributed by atoms with van der Waals surface area (Å²) in [6.45, 7) is 5.48. The van der Waals surface area contributed by atoms with Crippen LogP contribution in [0.25, 0.3) is 10.9 Å². The second-order valence-electron chi connectivity index (χ2n) is 5.85. The molecule has 20 heavy (non-hydrogen) atoms. The van der Waals surface area contributed by atoms with Crippen LogP contribution < -0.4 is 4.90 Å². The number of pyridine rings is 1. The third-order valence-corrected chi connectivity index (χ3v) is 4.21. The van der Waals surface area contributed by atoms with Crippen LogP contribution in [0, 0.1) is 17.2 Å². The van der Waals surface area contributed by atoms with Crippen LogP contribution in [-0.2, 0) is 0 Å². The first-order valence-electron chi connectivity index (χ1n) is 7.25. The number of hydrogen-bond donors (Lipinski definition) is 0. The molecule has 102 valence electrons. The van der Waals surface area contributed by atoms with Crippen molar-refractivity contribution in [1.29, 1.82) is 5.26 Å². The number of nitriles is 1. The smallest absolute Gasteiger partial charge is 0.147 e. The van der Waals surface area contributed by atoms with Crippen LogP contribution in [-0.4, -0.2) is 17.6 Å². The molecule has 2 heterocycles. The van der Waals surface area contributed by atoms with Crippen LogP contribution in [0.15, 0.2) is 30.3 Å². The van der Waals surface area contributed by atoms with Crippen molar-refractivity contribution in [2.45, 2.75) is 32.7 Å². The SMILES string of the molecule is CC1CCC(C)N(c2nc3ccccc3cc2C#N)C1. The molecule has 1 aliphatic rings. The number of anilines is 1. The normalized spacial score (nSPS) is 22.8. The molecule has 1 fully saturated rings. The molecule has 0 radical (unpaired) electrons. The van der Waals surface area contributed by atoms with E-state index in [0.717, 1.165) is 23.3 Å². The Hall–Kier alpha value is -2.08. The monoisotopic (exact) mass is 265 g/mol. The van der Waals surface area contributed by atoms with E-state index in [1.54, 1.807) is 0 Å². The largest absolute Gasteiger partial charge is 0.353 e. The first kappa shape index (κ1) is 12.9. The molecular weight excluding hydrogens is 246 g/mol. The lowest BCUT2D eigenvalue weighted by molar-refractivity contribution is 0.388. The lowest BCUT2D eigenvalue weighted by Gasteiger charge is -2.38. The topological polar surface area (TPSA) is 39.9 Å². The summed E-state index contributed by atoms with van der Waals surface area (Å²) in [7, 11) is 0. The zero-order valence-electron chi connectivity index (χ0n) is 12.0. The Labute approximate surface area is 119 Å². The number of benzene rings is 1. The number of fused-ring (bicyclic) bond motifs is 1. The van der Waals surface area contributed by atoms with Gasteiger partial charge in [-0.25, -0.2) is 4.98 Å². The Morgan fingerprint density at radius 2 is 2.05 bits per heavy atom. The zero-order chi connectivity index (χ0) is 14.1. The summed E-state index contributed by atoms with van der Waals surface area (Å²) in [5, 5.41) is 10.5. The maximum absolute atomic E-state index is 9.44. The standard InChI is InChI=1S/C17H19N3/c1-12-7-8-13(2)20(11-12)17-15(10-18)9-14-5-3-4-6-16(14)19-17/h3-6,9,12-13H,7-8,11H2,1-2H3. The van der Waals surface area contributed by atoms with Crippen molar-refractivity contribution in [3.05, 3.63) is 35.9 Å². The van der Waals surface area contributed by atoms with Crippen molar-refractivity contribution in [2.24, 2.45) is 5.92 Å². The van der Waals surface area contributed by atoms with Crippen molar-refractivity contribution >= 4 is 16.7 Å². The predicted octanol–water partition coefficient (Wildman–Crippen LogP) is 3.73. The second-order valence-corrected chi connectivity index (χ2v) is 5.85. The molecule has 1 aromatic heterocycles. The Kier molecular flexibility index (Phi) is 3.31. The quantitative estimate of drug-likeness (QED) is 0.788. The minimum absolute atomic E-state index is 0.451. The molecule has 0 saturated carbocycles. The number of aromatic nitrogens is 1. The minimum atomic E-state index is 0.451. The van der Waals surface area contributed by atoms with Crippen molar-refractivity contribution in [2.75, 3.05) is 11.4 Å². The first-order valence-corrected chi connectivity index (χ1v) is 7.25. The number of rotatable bonds is 1. The maximum Gasteiger partial charge on any atom is 0.147 e. The highest BCUT2D eigenvalue weighted by atomic mass is 15.2. The van der Waals surface area contributed by atoms with E-state index in [-0.39, 0.29) is 0 Å². The molecule has 0 aliphatic carbocycles. The molecular formula is C17H19N3. The van der Waals surface area contributed by atoms with Gasteiger partial charge < -0.3 is 4.90 Å². The molecule has 2 aromatic rings. The molecule has 2 atom stereocenters. The zero-order valence-corrected chi connectivity index (χ0v) is 12.0. The Morgan fingerprint density at radius 3 is 2.85 bits per heavy atom. The lowest BCUT2D eigenvalue weighted by Crippen LogP contribution is -2.42. The molecule has 2 unspecified atom stereocenters. The molecule has 3 rings (SSSR count). The van der Waals surface area contributed by atoms with E-state index < -0.39 is 0 Å². The fourth-order valence-corrected chi connectivity index (χ4v) is 2.99.